The molecule has 0 amide bonds. The van der Waals surface area contributed by atoms with Gasteiger partial charge in [-0.1, -0.05) is 18.2 Å². The minimum absolute atomic E-state index is 0.0782. The SMILES string of the molecule is CNC(COc1ccccc1)c1c(Br)cnn1C(C)C. The molecule has 0 radical (unpaired) electrons. The molecule has 1 atom stereocenters. The molecule has 0 aliphatic carbocycles. The maximum atomic E-state index is 5.85. The van der Waals surface area contributed by atoms with Crippen LogP contribution in [0.25, 0.3) is 0 Å². The van der Waals surface area contributed by atoms with Crippen molar-refractivity contribution in [3.63, 3.8) is 0 Å². The van der Waals surface area contributed by atoms with E-state index in [1.807, 2.05) is 48.3 Å². The Morgan fingerprint density at radius 3 is 2.60 bits per heavy atom. The maximum absolute atomic E-state index is 5.85. The third kappa shape index (κ3) is 3.41. The molecule has 0 aliphatic rings. The highest BCUT2D eigenvalue weighted by molar-refractivity contribution is 9.10. The van der Waals surface area contributed by atoms with Gasteiger partial charge in [-0.3, -0.25) is 4.68 Å². The van der Waals surface area contributed by atoms with Gasteiger partial charge in [-0.05, 0) is 49.0 Å². The van der Waals surface area contributed by atoms with E-state index < -0.39 is 0 Å². The van der Waals surface area contributed by atoms with Crippen molar-refractivity contribution >= 4 is 15.9 Å². The Labute approximate surface area is 128 Å². The molecular formula is C15H20BrN3O. The highest BCUT2D eigenvalue weighted by Crippen LogP contribution is 2.26. The second-order valence-electron chi connectivity index (χ2n) is 4.88. The highest BCUT2D eigenvalue weighted by Gasteiger charge is 2.20. The van der Waals surface area contributed by atoms with Crippen LogP contribution >= 0.6 is 15.9 Å². The minimum Gasteiger partial charge on any atom is -0.492 e. The molecule has 1 unspecified atom stereocenters. The molecule has 1 aromatic carbocycles. The lowest BCUT2D eigenvalue weighted by Crippen LogP contribution is -2.27. The Morgan fingerprint density at radius 2 is 2.00 bits per heavy atom. The van der Waals surface area contributed by atoms with Crippen molar-refractivity contribution < 1.29 is 4.74 Å². The number of halogens is 1. The number of rotatable bonds is 6. The van der Waals surface area contributed by atoms with Crippen molar-refractivity contribution in [1.82, 2.24) is 15.1 Å². The summed E-state index contributed by atoms with van der Waals surface area (Å²) >= 11 is 3.57. The largest absolute Gasteiger partial charge is 0.492 e. The average Bonchev–Trinajstić information content (AvgIpc) is 2.83. The molecule has 2 rings (SSSR count). The van der Waals surface area contributed by atoms with Crippen LogP contribution < -0.4 is 10.1 Å². The molecule has 0 aliphatic heterocycles. The number of para-hydroxylation sites is 1. The van der Waals surface area contributed by atoms with Crippen molar-refractivity contribution in [1.29, 1.82) is 0 Å². The van der Waals surface area contributed by atoms with E-state index >= 15 is 0 Å². The van der Waals surface area contributed by atoms with E-state index in [1.165, 1.54) is 0 Å². The van der Waals surface area contributed by atoms with Gasteiger partial charge in [-0.25, -0.2) is 0 Å². The van der Waals surface area contributed by atoms with Gasteiger partial charge in [0.25, 0.3) is 0 Å². The highest BCUT2D eigenvalue weighted by atomic mass is 79.9. The van der Waals surface area contributed by atoms with Crippen LogP contribution in [-0.4, -0.2) is 23.4 Å². The Balaban J connectivity index is 2.14. The van der Waals surface area contributed by atoms with Crippen LogP contribution in [0.5, 0.6) is 5.75 Å². The third-order valence-electron chi connectivity index (χ3n) is 3.11. The molecule has 0 saturated carbocycles. The van der Waals surface area contributed by atoms with Gasteiger partial charge < -0.3 is 10.1 Å². The number of ether oxygens (including phenoxy) is 1. The molecule has 1 N–H and O–H groups in total. The molecule has 0 fully saturated rings. The fraction of sp³-hybridized carbons (Fsp3) is 0.400. The Bertz CT molecular complexity index is 539. The number of nitrogens with zero attached hydrogens (tertiary/aromatic N) is 2. The Hall–Kier alpha value is -1.33. The van der Waals surface area contributed by atoms with Gasteiger partial charge in [-0.15, -0.1) is 0 Å². The van der Waals surface area contributed by atoms with E-state index in [2.05, 4.69) is 40.2 Å². The molecule has 20 heavy (non-hydrogen) atoms. The quantitative estimate of drug-likeness (QED) is 0.875. The zero-order valence-corrected chi connectivity index (χ0v) is 13.6. The first-order chi connectivity index (χ1) is 9.63. The summed E-state index contributed by atoms with van der Waals surface area (Å²) in [5.41, 5.74) is 1.11. The van der Waals surface area contributed by atoms with Gasteiger partial charge in [0.2, 0.25) is 0 Å². The van der Waals surface area contributed by atoms with Crippen LogP contribution in [-0.2, 0) is 0 Å². The van der Waals surface area contributed by atoms with E-state index in [-0.39, 0.29) is 6.04 Å². The van der Waals surface area contributed by atoms with Gasteiger partial charge in [0, 0.05) is 6.04 Å². The molecule has 0 spiro atoms. The molecular weight excluding hydrogens is 318 g/mol. The Morgan fingerprint density at radius 1 is 1.30 bits per heavy atom. The second kappa shape index (κ2) is 6.90. The van der Waals surface area contributed by atoms with Gasteiger partial charge in [0.15, 0.2) is 0 Å². The van der Waals surface area contributed by atoms with E-state index in [4.69, 9.17) is 4.74 Å². The van der Waals surface area contributed by atoms with Crippen LogP contribution in [0, 0.1) is 0 Å². The number of aromatic nitrogens is 2. The predicted molar refractivity (Wildman–Crippen MR) is 84.0 cm³/mol. The zero-order valence-electron chi connectivity index (χ0n) is 12.0. The number of benzene rings is 1. The lowest BCUT2D eigenvalue weighted by molar-refractivity contribution is 0.263. The van der Waals surface area contributed by atoms with Gasteiger partial charge in [-0.2, -0.15) is 5.10 Å². The molecule has 2 aromatic rings. The summed E-state index contributed by atoms with van der Waals surface area (Å²) in [5.74, 6) is 0.875. The van der Waals surface area contributed by atoms with Crippen LogP contribution in [0.2, 0.25) is 0 Å². The summed E-state index contributed by atoms with van der Waals surface area (Å²) in [7, 11) is 1.93. The minimum atomic E-state index is 0.0782. The average molecular weight is 338 g/mol. The molecule has 0 bridgehead atoms. The van der Waals surface area contributed by atoms with Crippen LogP contribution in [0.4, 0.5) is 0 Å². The number of likely N-dealkylation sites (N-methyl/N-ethyl adjacent to an activating group) is 1. The Kier molecular flexibility index (Phi) is 5.20. The number of hydrogen-bond donors (Lipinski definition) is 1. The zero-order chi connectivity index (χ0) is 14.5. The fourth-order valence-corrected chi connectivity index (χ4v) is 2.63. The normalized spacial score (nSPS) is 12.7. The molecule has 4 nitrogen and oxygen atoms in total. The summed E-state index contributed by atoms with van der Waals surface area (Å²) in [6, 6.07) is 10.2. The van der Waals surface area contributed by atoms with Crippen LogP contribution in [0.1, 0.15) is 31.6 Å². The van der Waals surface area contributed by atoms with E-state index in [0.717, 1.165) is 15.9 Å². The molecule has 1 heterocycles. The molecule has 1 aromatic heterocycles. The summed E-state index contributed by atoms with van der Waals surface area (Å²) in [4.78, 5) is 0. The van der Waals surface area contributed by atoms with Crippen molar-refractivity contribution in [3.05, 3.63) is 46.7 Å². The van der Waals surface area contributed by atoms with Crippen molar-refractivity contribution in [2.45, 2.75) is 25.9 Å². The monoisotopic (exact) mass is 337 g/mol. The molecule has 108 valence electrons. The molecule has 5 heteroatoms. The topological polar surface area (TPSA) is 39.1 Å². The van der Waals surface area contributed by atoms with Crippen LogP contribution in [0.15, 0.2) is 41.0 Å². The van der Waals surface area contributed by atoms with Crippen molar-refractivity contribution in [2.75, 3.05) is 13.7 Å². The first kappa shape index (κ1) is 15.1. The van der Waals surface area contributed by atoms with Crippen molar-refractivity contribution in [2.24, 2.45) is 0 Å². The molecule has 0 saturated heterocycles. The summed E-state index contributed by atoms with van der Waals surface area (Å²) in [6.45, 7) is 4.79. The standard InChI is InChI=1S/C15H20BrN3O/c1-11(2)19-15(13(16)9-18-19)14(17-3)10-20-12-7-5-4-6-8-12/h4-9,11,14,17H,10H2,1-3H3. The maximum Gasteiger partial charge on any atom is 0.119 e. The lowest BCUT2D eigenvalue weighted by atomic mass is 10.2. The predicted octanol–water partition coefficient (Wildman–Crippen LogP) is 3.57. The van der Waals surface area contributed by atoms with Gasteiger partial charge >= 0.3 is 0 Å². The number of hydrogen-bond acceptors (Lipinski definition) is 3. The first-order valence-corrected chi connectivity index (χ1v) is 7.50. The van der Waals surface area contributed by atoms with E-state index in [0.29, 0.717) is 12.6 Å². The smallest absolute Gasteiger partial charge is 0.119 e. The van der Waals surface area contributed by atoms with E-state index in [1.54, 1.807) is 0 Å². The van der Waals surface area contributed by atoms with Gasteiger partial charge in [0.1, 0.15) is 12.4 Å². The number of nitrogens with one attached hydrogen (secondary N) is 1. The summed E-state index contributed by atoms with van der Waals surface area (Å²) in [6.07, 6.45) is 1.84. The second-order valence-corrected chi connectivity index (χ2v) is 5.74. The summed E-state index contributed by atoms with van der Waals surface area (Å²) < 4.78 is 8.86. The van der Waals surface area contributed by atoms with Gasteiger partial charge in [0.05, 0.1) is 22.4 Å². The van der Waals surface area contributed by atoms with Crippen molar-refractivity contribution in [3.8, 4) is 5.75 Å². The third-order valence-corrected chi connectivity index (χ3v) is 3.73. The first-order valence-electron chi connectivity index (χ1n) is 6.71. The van der Waals surface area contributed by atoms with E-state index in [9.17, 15) is 0 Å². The lowest BCUT2D eigenvalue weighted by Gasteiger charge is -2.21. The summed E-state index contributed by atoms with van der Waals surface area (Å²) in [5, 5.41) is 7.71. The fourth-order valence-electron chi connectivity index (χ4n) is 2.08. The van der Waals surface area contributed by atoms with Crippen LogP contribution in [0.3, 0.4) is 0 Å².